The van der Waals surface area contributed by atoms with Crippen molar-refractivity contribution in [2.45, 2.75) is 19.4 Å². The van der Waals surface area contributed by atoms with Gasteiger partial charge in [0.2, 0.25) is 0 Å². The van der Waals surface area contributed by atoms with Crippen LogP contribution in [0.25, 0.3) is 0 Å². The highest BCUT2D eigenvalue weighted by Crippen LogP contribution is 2.34. The maximum Gasteiger partial charge on any atom is 0.119 e. The van der Waals surface area contributed by atoms with Gasteiger partial charge in [-0.3, -0.25) is 0 Å². The van der Waals surface area contributed by atoms with Crippen molar-refractivity contribution in [1.29, 1.82) is 0 Å². The third-order valence-electron chi connectivity index (χ3n) is 3.62. The molecule has 3 heteroatoms. The minimum absolute atomic E-state index is 0.315. The summed E-state index contributed by atoms with van der Waals surface area (Å²) >= 11 is 1.81. The summed E-state index contributed by atoms with van der Waals surface area (Å²) in [5.41, 5.74) is 4.20. The number of methoxy groups -OCH3 is 1. The summed E-state index contributed by atoms with van der Waals surface area (Å²) in [6.45, 7) is 3.23. The lowest BCUT2D eigenvalue weighted by Crippen LogP contribution is -2.30. The Morgan fingerprint density at radius 2 is 2.17 bits per heavy atom. The van der Waals surface area contributed by atoms with Gasteiger partial charge in [0.1, 0.15) is 5.75 Å². The van der Waals surface area contributed by atoms with Crippen molar-refractivity contribution in [2.75, 3.05) is 13.7 Å². The Morgan fingerprint density at radius 1 is 1.28 bits per heavy atom. The second-order valence-corrected chi connectivity index (χ2v) is 5.75. The fourth-order valence-electron chi connectivity index (χ4n) is 2.63. The minimum Gasteiger partial charge on any atom is -0.497 e. The third-order valence-corrected chi connectivity index (χ3v) is 4.48. The van der Waals surface area contributed by atoms with E-state index in [4.69, 9.17) is 4.74 Å². The molecule has 3 rings (SSSR count). The standard InChI is InChI=1S/C15H17NOS/c1-10-13(6-8-18-10)15-14-9-12(17-2)4-3-11(14)5-7-16-15/h3-4,6,8-9,15-16H,5,7H2,1-2H3/t15-/m0/s1. The van der Waals surface area contributed by atoms with Crippen LogP contribution in [0.3, 0.4) is 0 Å². The molecule has 0 unspecified atom stereocenters. The van der Waals surface area contributed by atoms with E-state index in [9.17, 15) is 0 Å². The average Bonchev–Trinajstić information content (AvgIpc) is 2.83. The summed E-state index contributed by atoms with van der Waals surface area (Å²) in [7, 11) is 1.73. The zero-order valence-electron chi connectivity index (χ0n) is 10.7. The number of nitrogens with one attached hydrogen (secondary N) is 1. The van der Waals surface area contributed by atoms with Crippen molar-refractivity contribution in [3.63, 3.8) is 0 Å². The van der Waals surface area contributed by atoms with Crippen LogP contribution in [0.5, 0.6) is 5.75 Å². The molecule has 1 aliphatic rings. The molecular formula is C15H17NOS. The molecule has 0 amide bonds. The van der Waals surface area contributed by atoms with Crippen molar-refractivity contribution in [3.05, 3.63) is 51.2 Å². The highest BCUT2D eigenvalue weighted by Gasteiger charge is 2.23. The Balaban J connectivity index is 2.08. The Bertz CT molecular complexity index is 561. The van der Waals surface area contributed by atoms with Crippen LogP contribution in [0.15, 0.2) is 29.6 Å². The number of hydrogen-bond acceptors (Lipinski definition) is 3. The summed E-state index contributed by atoms with van der Waals surface area (Å²) in [6.07, 6.45) is 1.10. The Hall–Kier alpha value is -1.32. The molecule has 0 aliphatic carbocycles. The average molecular weight is 259 g/mol. The Kier molecular flexibility index (Phi) is 3.10. The van der Waals surface area contributed by atoms with Crippen LogP contribution in [0.4, 0.5) is 0 Å². The largest absolute Gasteiger partial charge is 0.497 e. The molecule has 1 aliphatic heterocycles. The highest BCUT2D eigenvalue weighted by atomic mass is 32.1. The molecule has 18 heavy (non-hydrogen) atoms. The fraction of sp³-hybridized carbons (Fsp3) is 0.333. The second kappa shape index (κ2) is 4.75. The van der Waals surface area contributed by atoms with E-state index in [1.165, 1.54) is 21.6 Å². The first-order valence-electron chi connectivity index (χ1n) is 6.24. The van der Waals surface area contributed by atoms with E-state index in [1.54, 1.807) is 7.11 Å². The van der Waals surface area contributed by atoms with Gasteiger partial charge >= 0.3 is 0 Å². The summed E-state index contributed by atoms with van der Waals surface area (Å²) in [5.74, 6) is 0.940. The van der Waals surface area contributed by atoms with Gasteiger partial charge in [-0.25, -0.2) is 0 Å². The van der Waals surface area contributed by atoms with E-state index in [-0.39, 0.29) is 0 Å². The van der Waals surface area contributed by atoms with Crippen LogP contribution in [-0.4, -0.2) is 13.7 Å². The third kappa shape index (κ3) is 1.93. The quantitative estimate of drug-likeness (QED) is 0.893. The highest BCUT2D eigenvalue weighted by molar-refractivity contribution is 7.10. The van der Waals surface area contributed by atoms with E-state index >= 15 is 0 Å². The summed E-state index contributed by atoms with van der Waals surface area (Å²) < 4.78 is 5.35. The molecule has 1 aromatic heterocycles. The van der Waals surface area contributed by atoms with Gasteiger partial charge in [-0.05, 0) is 53.6 Å². The lowest BCUT2D eigenvalue weighted by molar-refractivity contribution is 0.412. The van der Waals surface area contributed by atoms with Gasteiger partial charge in [0, 0.05) is 11.4 Å². The number of hydrogen-bond donors (Lipinski definition) is 1. The summed E-state index contributed by atoms with van der Waals surface area (Å²) in [4.78, 5) is 1.39. The Labute approximate surface area is 112 Å². The van der Waals surface area contributed by atoms with Crippen molar-refractivity contribution < 1.29 is 4.74 Å². The van der Waals surface area contributed by atoms with Crippen LogP contribution >= 0.6 is 11.3 Å². The van der Waals surface area contributed by atoms with Gasteiger partial charge in [-0.15, -0.1) is 11.3 Å². The second-order valence-electron chi connectivity index (χ2n) is 4.63. The predicted molar refractivity (Wildman–Crippen MR) is 75.6 cm³/mol. The molecule has 0 spiro atoms. The van der Waals surface area contributed by atoms with Crippen LogP contribution in [0.1, 0.15) is 27.6 Å². The monoisotopic (exact) mass is 259 g/mol. The van der Waals surface area contributed by atoms with Gasteiger partial charge < -0.3 is 10.1 Å². The fourth-order valence-corrected chi connectivity index (χ4v) is 3.37. The van der Waals surface area contributed by atoms with Crippen molar-refractivity contribution in [2.24, 2.45) is 0 Å². The lowest BCUT2D eigenvalue weighted by Gasteiger charge is -2.27. The van der Waals surface area contributed by atoms with Gasteiger partial charge in [0.25, 0.3) is 0 Å². The number of thiophene rings is 1. The molecular weight excluding hydrogens is 242 g/mol. The first-order chi connectivity index (χ1) is 8.79. The van der Waals surface area contributed by atoms with E-state index in [0.29, 0.717) is 6.04 Å². The minimum atomic E-state index is 0.315. The molecule has 1 aromatic carbocycles. The number of aryl methyl sites for hydroxylation is 1. The van der Waals surface area contributed by atoms with Crippen LogP contribution < -0.4 is 10.1 Å². The SMILES string of the molecule is COc1ccc2c(c1)[C@H](c1ccsc1C)NCC2. The Morgan fingerprint density at radius 3 is 2.89 bits per heavy atom. The van der Waals surface area contributed by atoms with Crippen LogP contribution in [0.2, 0.25) is 0 Å². The van der Waals surface area contributed by atoms with E-state index < -0.39 is 0 Å². The molecule has 1 atom stereocenters. The van der Waals surface area contributed by atoms with E-state index in [2.05, 4.69) is 41.9 Å². The molecule has 2 aromatic rings. The summed E-state index contributed by atoms with van der Waals surface area (Å²) in [5, 5.41) is 5.79. The number of rotatable bonds is 2. The maximum atomic E-state index is 5.35. The maximum absolute atomic E-state index is 5.35. The topological polar surface area (TPSA) is 21.3 Å². The molecule has 0 radical (unpaired) electrons. The zero-order valence-corrected chi connectivity index (χ0v) is 11.5. The molecule has 2 heterocycles. The molecule has 94 valence electrons. The first-order valence-corrected chi connectivity index (χ1v) is 7.12. The van der Waals surface area contributed by atoms with Crippen molar-refractivity contribution in [1.82, 2.24) is 5.32 Å². The molecule has 0 saturated heterocycles. The first kappa shape index (κ1) is 11.8. The number of fused-ring (bicyclic) bond motifs is 1. The zero-order chi connectivity index (χ0) is 12.5. The summed E-state index contributed by atoms with van der Waals surface area (Å²) in [6, 6.07) is 8.97. The van der Waals surface area contributed by atoms with E-state index in [0.717, 1.165) is 18.7 Å². The predicted octanol–water partition coefficient (Wildman–Crippen LogP) is 3.30. The van der Waals surface area contributed by atoms with Crippen molar-refractivity contribution >= 4 is 11.3 Å². The molecule has 0 fully saturated rings. The van der Waals surface area contributed by atoms with Gasteiger partial charge in [0.05, 0.1) is 13.2 Å². The normalized spacial score (nSPS) is 18.4. The smallest absolute Gasteiger partial charge is 0.119 e. The molecule has 2 nitrogen and oxygen atoms in total. The number of benzene rings is 1. The number of ether oxygens (including phenoxy) is 1. The van der Waals surface area contributed by atoms with Crippen LogP contribution in [0, 0.1) is 6.92 Å². The van der Waals surface area contributed by atoms with Crippen molar-refractivity contribution in [3.8, 4) is 5.75 Å². The van der Waals surface area contributed by atoms with Gasteiger partial charge in [-0.2, -0.15) is 0 Å². The van der Waals surface area contributed by atoms with Gasteiger partial charge in [-0.1, -0.05) is 6.07 Å². The molecule has 1 N–H and O–H groups in total. The van der Waals surface area contributed by atoms with E-state index in [1.807, 2.05) is 11.3 Å². The molecule has 0 saturated carbocycles. The van der Waals surface area contributed by atoms with Crippen LogP contribution in [-0.2, 0) is 6.42 Å². The molecule has 0 bridgehead atoms. The lowest BCUT2D eigenvalue weighted by atomic mass is 9.90. The van der Waals surface area contributed by atoms with Gasteiger partial charge in [0.15, 0.2) is 0 Å².